The molecule has 5 aromatic rings. The van der Waals surface area contributed by atoms with Crippen LogP contribution in [0.25, 0.3) is 44.4 Å². The molecule has 28 heavy (non-hydrogen) atoms. The van der Waals surface area contributed by atoms with Gasteiger partial charge in [0.2, 0.25) is 11.2 Å². The van der Waals surface area contributed by atoms with Gasteiger partial charge in [-0.05, 0) is 49.4 Å². The van der Waals surface area contributed by atoms with Gasteiger partial charge < -0.3 is 9.73 Å². The standard InChI is InChI=1S/C23H15BrN2O2/c1-14-6-8-15(9-7-14)22-20-21(18-4-2-3-5-19(18)26(22)27)25-28-23(20)16-10-12-17(24)13-11-16/h2-13H,1H3. The van der Waals surface area contributed by atoms with E-state index in [1.165, 1.54) is 0 Å². The molecule has 0 amide bonds. The minimum atomic E-state index is 0.549. The first kappa shape index (κ1) is 17.0. The molecule has 3 aromatic carbocycles. The van der Waals surface area contributed by atoms with E-state index in [4.69, 9.17) is 4.52 Å². The predicted octanol–water partition coefficient (Wildman–Crippen LogP) is 6.02. The normalized spacial score (nSPS) is 11.4. The predicted molar refractivity (Wildman–Crippen MR) is 114 cm³/mol. The molecule has 5 rings (SSSR count). The van der Waals surface area contributed by atoms with Crippen molar-refractivity contribution in [3.8, 4) is 22.6 Å². The van der Waals surface area contributed by atoms with Gasteiger partial charge in [0.25, 0.3) is 0 Å². The van der Waals surface area contributed by atoms with Gasteiger partial charge in [0.1, 0.15) is 10.9 Å². The van der Waals surface area contributed by atoms with Crippen LogP contribution in [0.5, 0.6) is 0 Å². The van der Waals surface area contributed by atoms with Crippen molar-refractivity contribution in [2.45, 2.75) is 6.92 Å². The van der Waals surface area contributed by atoms with Crippen LogP contribution in [-0.4, -0.2) is 5.16 Å². The summed E-state index contributed by atoms with van der Waals surface area (Å²) in [6, 6.07) is 23.2. The lowest BCUT2D eigenvalue weighted by Crippen LogP contribution is -2.30. The highest BCUT2D eigenvalue weighted by Crippen LogP contribution is 2.38. The topological polar surface area (TPSA) is 53.0 Å². The Bertz CT molecular complexity index is 1320. The quantitative estimate of drug-likeness (QED) is 0.254. The summed E-state index contributed by atoms with van der Waals surface area (Å²) in [4.78, 5) is 0. The van der Waals surface area contributed by atoms with Crippen molar-refractivity contribution in [3.05, 3.63) is 88.0 Å². The molecule has 0 radical (unpaired) electrons. The molecule has 0 spiro atoms. The molecule has 0 aliphatic carbocycles. The number of aryl methyl sites for hydroxylation is 1. The molecule has 0 saturated heterocycles. The zero-order chi connectivity index (χ0) is 19.3. The zero-order valence-corrected chi connectivity index (χ0v) is 16.6. The van der Waals surface area contributed by atoms with Gasteiger partial charge in [-0.25, -0.2) is 0 Å². The summed E-state index contributed by atoms with van der Waals surface area (Å²) >= 11 is 3.46. The number of benzene rings is 3. The Hall–Kier alpha value is -3.18. The Balaban J connectivity index is 1.94. The van der Waals surface area contributed by atoms with E-state index in [1.54, 1.807) is 0 Å². The summed E-state index contributed by atoms with van der Waals surface area (Å²) in [5, 5.41) is 19.3. The number of fused-ring (bicyclic) bond motifs is 3. The largest absolute Gasteiger partial charge is 0.618 e. The highest BCUT2D eigenvalue weighted by molar-refractivity contribution is 9.10. The molecule has 4 nitrogen and oxygen atoms in total. The van der Waals surface area contributed by atoms with E-state index in [0.717, 1.165) is 36.7 Å². The summed E-state index contributed by atoms with van der Waals surface area (Å²) in [6.07, 6.45) is 0. The lowest BCUT2D eigenvalue weighted by molar-refractivity contribution is -0.563. The molecule has 0 fully saturated rings. The maximum atomic E-state index is 13.4. The molecule has 0 saturated carbocycles. The highest BCUT2D eigenvalue weighted by atomic mass is 79.9. The van der Waals surface area contributed by atoms with Gasteiger partial charge in [-0.2, -0.15) is 4.73 Å². The fraction of sp³-hybridized carbons (Fsp3) is 0.0435. The van der Waals surface area contributed by atoms with Crippen molar-refractivity contribution in [3.63, 3.8) is 0 Å². The fourth-order valence-corrected chi connectivity index (χ4v) is 3.80. The molecule has 5 heteroatoms. The van der Waals surface area contributed by atoms with E-state index in [0.29, 0.717) is 22.5 Å². The van der Waals surface area contributed by atoms with Gasteiger partial charge >= 0.3 is 0 Å². The van der Waals surface area contributed by atoms with Crippen molar-refractivity contribution < 1.29 is 9.25 Å². The van der Waals surface area contributed by atoms with E-state index in [-0.39, 0.29) is 0 Å². The third-order valence-corrected chi connectivity index (χ3v) is 5.47. The van der Waals surface area contributed by atoms with E-state index in [2.05, 4.69) is 21.1 Å². The smallest absolute Gasteiger partial charge is 0.237 e. The Kier molecular flexibility index (Phi) is 3.91. The molecule has 0 unspecified atom stereocenters. The third-order valence-electron chi connectivity index (χ3n) is 4.94. The van der Waals surface area contributed by atoms with Crippen LogP contribution in [0.3, 0.4) is 0 Å². The van der Waals surface area contributed by atoms with E-state index >= 15 is 0 Å². The number of rotatable bonds is 2. The molecule has 0 atom stereocenters. The van der Waals surface area contributed by atoms with Gasteiger partial charge in [-0.3, -0.25) is 0 Å². The van der Waals surface area contributed by atoms with Crippen LogP contribution in [0.1, 0.15) is 5.56 Å². The van der Waals surface area contributed by atoms with Crippen molar-refractivity contribution >= 4 is 37.7 Å². The Morgan fingerprint density at radius 3 is 2.32 bits per heavy atom. The van der Waals surface area contributed by atoms with Gasteiger partial charge in [0, 0.05) is 21.7 Å². The molecule has 2 aromatic heterocycles. The lowest BCUT2D eigenvalue weighted by Gasteiger charge is -2.10. The summed E-state index contributed by atoms with van der Waals surface area (Å²) < 4.78 is 7.74. The number of aromatic nitrogens is 2. The van der Waals surface area contributed by atoms with Crippen LogP contribution in [0.15, 0.2) is 81.8 Å². The Labute approximate surface area is 169 Å². The molecule has 0 N–H and O–H groups in total. The van der Waals surface area contributed by atoms with E-state index in [1.807, 2.05) is 79.7 Å². The minimum absolute atomic E-state index is 0.549. The summed E-state index contributed by atoms with van der Waals surface area (Å²) in [6.45, 7) is 2.03. The Morgan fingerprint density at radius 1 is 0.893 bits per heavy atom. The number of hydrogen-bond acceptors (Lipinski definition) is 3. The summed E-state index contributed by atoms with van der Waals surface area (Å²) in [5.74, 6) is 0.591. The first-order valence-corrected chi connectivity index (χ1v) is 9.69. The average Bonchev–Trinajstić information content (AvgIpc) is 3.15. The van der Waals surface area contributed by atoms with Gasteiger partial charge in [-0.15, -0.1) is 0 Å². The van der Waals surface area contributed by atoms with E-state index < -0.39 is 0 Å². The second-order valence-electron chi connectivity index (χ2n) is 6.77. The summed E-state index contributed by atoms with van der Waals surface area (Å²) in [7, 11) is 0. The fourth-order valence-electron chi connectivity index (χ4n) is 3.54. The molecule has 0 aliphatic heterocycles. The highest BCUT2D eigenvalue weighted by Gasteiger charge is 2.26. The van der Waals surface area contributed by atoms with E-state index in [9.17, 15) is 5.21 Å². The number of halogens is 1. The monoisotopic (exact) mass is 430 g/mol. The van der Waals surface area contributed by atoms with Gasteiger partial charge in [-0.1, -0.05) is 50.9 Å². The summed E-state index contributed by atoms with van der Waals surface area (Å²) in [5.41, 5.74) is 4.65. The van der Waals surface area contributed by atoms with Gasteiger partial charge in [0.05, 0.1) is 5.39 Å². The second-order valence-corrected chi connectivity index (χ2v) is 7.68. The zero-order valence-electron chi connectivity index (χ0n) is 15.0. The van der Waals surface area contributed by atoms with Crippen molar-refractivity contribution in [2.24, 2.45) is 0 Å². The molecule has 0 bridgehead atoms. The molecular formula is C23H15BrN2O2. The molecule has 2 heterocycles. The minimum Gasteiger partial charge on any atom is -0.618 e. The first-order valence-electron chi connectivity index (χ1n) is 8.90. The number of nitrogens with zero attached hydrogens (tertiary/aromatic N) is 2. The van der Waals surface area contributed by atoms with Crippen molar-refractivity contribution in [2.75, 3.05) is 0 Å². The second kappa shape index (κ2) is 6.46. The van der Waals surface area contributed by atoms with Crippen LogP contribution in [0, 0.1) is 12.1 Å². The van der Waals surface area contributed by atoms with Crippen LogP contribution in [-0.2, 0) is 0 Å². The first-order chi connectivity index (χ1) is 13.6. The van der Waals surface area contributed by atoms with Crippen molar-refractivity contribution in [1.29, 1.82) is 0 Å². The SMILES string of the molecule is Cc1ccc(-c2c3c(-c4ccc(Br)cc4)onc3c3ccccc3[n+]2[O-])cc1. The maximum Gasteiger partial charge on any atom is 0.237 e. The number of hydrogen-bond donors (Lipinski definition) is 0. The molecular weight excluding hydrogens is 416 g/mol. The number of pyridine rings is 1. The number of para-hydroxylation sites is 1. The average molecular weight is 431 g/mol. The van der Waals surface area contributed by atoms with Crippen molar-refractivity contribution in [1.82, 2.24) is 5.16 Å². The molecule has 0 aliphatic rings. The lowest BCUT2D eigenvalue weighted by atomic mass is 10.00. The van der Waals surface area contributed by atoms with Crippen LogP contribution in [0.2, 0.25) is 0 Å². The third kappa shape index (κ3) is 2.59. The maximum absolute atomic E-state index is 13.4. The van der Waals surface area contributed by atoms with Gasteiger partial charge in [0.15, 0.2) is 5.76 Å². The van der Waals surface area contributed by atoms with Crippen LogP contribution >= 0.6 is 15.9 Å². The van der Waals surface area contributed by atoms with Crippen LogP contribution in [0.4, 0.5) is 0 Å². The Morgan fingerprint density at radius 2 is 1.57 bits per heavy atom. The van der Waals surface area contributed by atoms with Crippen LogP contribution < -0.4 is 4.73 Å². The molecule has 136 valence electrons.